The summed E-state index contributed by atoms with van der Waals surface area (Å²) in [5.74, 6) is 0.945. The highest BCUT2D eigenvalue weighted by Gasteiger charge is 2.31. The number of halogens is 6. The molecule has 0 saturated heterocycles. The number of fused-ring (bicyclic) bond motifs is 1. The third-order valence-electron chi connectivity index (χ3n) is 6.16. The molecule has 0 aliphatic heterocycles. The molecule has 0 spiro atoms. The maximum Gasteiger partial charge on any atom is 0.416 e. The summed E-state index contributed by atoms with van der Waals surface area (Å²) in [5, 5.41) is 4.66. The Morgan fingerprint density at radius 3 is 2.55 bits per heavy atom. The van der Waals surface area contributed by atoms with Crippen LogP contribution < -0.4 is 15.0 Å². The quantitative estimate of drug-likeness (QED) is 0.122. The number of alkyl halides is 3. The maximum absolute atomic E-state index is 13.5. The number of aromatic nitrogens is 2. The summed E-state index contributed by atoms with van der Waals surface area (Å²) in [6.45, 7) is 0.284. The van der Waals surface area contributed by atoms with Gasteiger partial charge in [-0.05, 0) is 76.7 Å². The Morgan fingerprint density at radius 1 is 1.02 bits per heavy atom. The van der Waals surface area contributed by atoms with E-state index in [1.165, 1.54) is 25.5 Å². The van der Waals surface area contributed by atoms with Crippen LogP contribution in [0.25, 0.3) is 22.3 Å². The Kier molecular flexibility index (Phi) is 9.04. The van der Waals surface area contributed by atoms with E-state index in [1.807, 2.05) is 18.2 Å². The van der Waals surface area contributed by atoms with Gasteiger partial charge in [0.25, 0.3) is 5.56 Å². The number of hydrogen-bond donors (Lipinski definition) is 0. The molecule has 1 heterocycles. The van der Waals surface area contributed by atoms with Gasteiger partial charge in [-0.3, -0.25) is 4.79 Å². The fourth-order valence-corrected chi connectivity index (χ4v) is 6.06. The van der Waals surface area contributed by atoms with Crippen LogP contribution in [0.1, 0.15) is 16.7 Å². The first-order chi connectivity index (χ1) is 20.0. The lowest BCUT2D eigenvalue weighted by atomic mass is 10.1. The molecule has 6 nitrogen and oxygen atoms in total. The van der Waals surface area contributed by atoms with E-state index in [1.54, 1.807) is 36.4 Å². The predicted octanol–water partition coefficient (Wildman–Crippen LogP) is 8.68. The smallest absolute Gasteiger partial charge is 0.416 e. The molecule has 0 saturated carbocycles. The standard InChI is InChI=1S/C30H19Br2F3IN3O3/c1-41-26-12-17(11-24(36)27(26)42-16-19-9-10-21(31)14-23(19)32)15-37-39-28(18-5-4-6-20(13-18)30(33,34)35)38-25-8-3-2-7-22(25)29(39)40/h2-15H,16H2,1H3. The highest BCUT2D eigenvalue weighted by Crippen LogP contribution is 2.35. The third kappa shape index (κ3) is 6.55. The van der Waals surface area contributed by atoms with Gasteiger partial charge < -0.3 is 9.47 Å². The van der Waals surface area contributed by atoms with Crippen molar-refractivity contribution in [3.63, 3.8) is 0 Å². The molecule has 12 heteroatoms. The molecule has 0 radical (unpaired) electrons. The Morgan fingerprint density at radius 2 is 1.81 bits per heavy atom. The lowest BCUT2D eigenvalue weighted by molar-refractivity contribution is -0.137. The van der Waals surface area contributed by atoms with Gasteiger partial charge in [0.2, 0.25) is 0 Å². The first kappa shape index (κ1) is 30.2. The van der Waals surface area contributed by atoms with Crippen LogP contribution in [0.2, 0.25) is 0 Å². The molecule has 0 atom stereocenters. The monoisotopic (exact) mass is 811 g/mol. The third-order valence-corrected chi connectivity index (χ3v) is 8.20. The van der Waals surface area contributed by atoms with Crippen molar-refractivity contribution in [1.29, 1.82) is 0 Å². The van der Waals surface area contributed by atoms with Crippen LogP contribution in [0.3, 0.4) is 0 Å². The van der Waals surface area contributed by atoms with Gasteiger partial charge in [0.05, 0.1) is 33.4 Å². The maximum atomic E-state index is 13.5. The second-order valence-corrected chi connectivity index (χ2v) is 11.9. The molecule has 42 heavy (non-hydrogen) atoms. The summed E-state index contributed by atoms with van der Waals surface area (Å²) < 4.78 is 55.6. The highest BCUT2D eigenvalue weighted by molar-refractivity contribution is 14.1. The van der Waals surface area contributed by atoms with E-state index in [0.29, 0.717) is 22.6 Å². The molecule has 1 aromatic heterocycles. The predicted molar refractivity (Wildman–Crippen MR) is 171 cm³/mol. The largest absolute Gasteiger partial charge is 0.493 e. The van der Waals surface area contributed by atoms with Crippen molar-refractivity contribution >= 4 is 71.6 Å². The molecule has 5 aromatic rings. The second-order valence-electron chi connectivity index (χ2n) is 8.95. The van der Waals surface area contributed by atoms with Gasteiger partial charge in [0, 0.05) is 20.1 Å². The summed E-state index contributed by atoms with van der Waals surface area (Å²) in [5.41, 5.74) is 0.570. The van der Waals surface area contributed by atoms with Crippen LogP contribution in [0.4, 0.5) is 13.2 Å². The molecular formula is C30H19Br2F3IN3O3. The van der Waals surface area contributed by atoms with E-state index in [2.05, 4.69) is 64.5 Å². The van der Waals surface area contributed by atoms with Crippen molar-refractivity contribution in [2.24, 2.45) is 5.10 Å². The first-order valence-corrected chi connectivity index (χ1v) is 14.9. The van der Waals surface area contributed by atoms with Gasteiger partial charge in [-0.15, -0.1) is 0 Å². The zero-order chi connectivity index (χ0) is 30.0. The lowest BCUT2D eigenvalue weighted by Crippen LogP contribution is -2.20. The average molecular weight is 813 g/mol. The number of nitrogens with zero attached hydrogens (tertiary/aromatic N) is 3. The number of hydrogen-bond acceptors (Lipinski definition) is 5. The molecule has 214 valence electrons. The molecule has 0 aliphatic carbocycles. The zero-order valence-corrected chi connectivity index (χ0v) is 27.0. The van der Waals surface area contributed by atoms with E-state index in [9.17, 15) is 18.0 Å². The Hall–Kier alpha value is -3.23. The Bertz CT molecular complexity index is 1890. The molecule has 0 N–H and O–H groups in total. The first-order valence-electron chi connectivity index (χ1n) is 12.2. The SMILES string of the molecule is COc1cc(C=Nn2c(-c3cccc(C(F)(F)F)c3)nc3ccccc3c2=O)cc(I)c1OCc1ccc(Br)cc1Br. The van der Waals surface area contributed by atoms with Crippen molar-refractivity contribution in [1.82, 2.24) is 9.66 Å². The summed E-state index contributed by atoms with van der Waals surface area (Å²) in [6, 6.07) is 20.5. The van der Waals surface area contributed by atoms with E-state index in [0.717, 1.165) is 34.9 Å². The van der Waals surface area contributed by atoms with Crippen molar-refractivity contribution in [2.45, 2.75) is 12.8 Å². The van der Waals surface area contributed by atoms with E-state index < -0.39 is 17.3 Å². The Balaban J connectivity index is 1.54. The number of benzene rings is 4. The van der Waals surface area contributed by atoms with Gasteiger partial charge in [-0.2, -0.15) is 22.9 Å². The molecule has 5 rings (SSSR count). The number of methoxy groups -OCH3 is 1. The van der Waals surface area contributed by atoms with Crippen LogP contribution in [-0.4, -0.2) is 23.0 Å². The molecular weight excluding hydrogens is 794 g/mol. The summed E-state index contributed by atoms with van der Waals surface area (Å²) in [6.07, 6.45) is -3.14. The van der Waals surface area contributed by atoms with Crippen LogP contribution >= 0.6 is 54.5 Å². The van der Waals surface area contributed by atoms with Crippen molar-refractivity contribution < 1.29 is 22.6 Å². The van der Waals surface area contributed by atoms with Crippen molar-refractivity contribution in [2.75, 3.05) is 7.11 Å². The summed E-state index contributed by atoms with van der Waals surface area (Å²) in [4.78, 5) is 18.0. The van der Waals surface area contributed by atoms with Crippen molar-refractivity contribution in [3.8, 4) is 22.9 Å². The van der Waals surface area contributed by atoms with Crippen LogP contribution in [0, 0.1) is 3.57 Å². The lowest BCUT2D eigenvalue weighted by Gasteiger charge is -2.14. The van der Waals surface area contributed by atoms with Gasteiger partial charge in [-0.25, -0.2) is 4.98 Å². The number of rotatable bonds is 7. The fraction of sp³-hybridized carbons (Fsp3) is 0.100. The molecule has 0 aliphatic rings. The molecule has 0 bridgehead atoms. The Labute approximate surface area is 268 Å². The van der Waals surface area contributed by atoms with E-state index in [4.69, 9.17) is 9.47 Å². The molecule has 0 fully saturated rings. The topological polar surface area (TPSA) is 65.7 Å². The average Bonchev–Trinajstić information content (AvgIpc) is 2.96. The number of para-hydroxylation sites is 1. The van der Waals surface area contributed by atoms with Gasteiger partial charge in [-0.1, -0.05) is 62.2 Å². The van der Waals surface area contributed by atoms with Crippen LogP contribution in [-0.2, 0) is 12.8 Å². The van der Waals surface area contributed by atoms with Crippen molar-refractivity contribution in [3.05, 3.63) is 118 Å². The molecule has 0 unspecified atom stereocenters. The zero-order valence-electron chi connectivity index (χ0n) is 21.6. The van der Waals surface area contributed by atoms with Crippen LogP contribution in [0.5, 0.6) is 11.5 Å². The fourth-order valence-electron chi connectivity index (χ4n) is 4.12. The molecule has 0 amide bonds. The van der Waals surface area contributed by atoms with Gasteiger partial charge in [0.15, 0.2) is 17.3 Å². The van der Waals surface area contributed by atoms with Gasteiger partial charge >= 0.3 is 6.18 Å². The summed E-state index contributed by atoms with van der Waals surface area (Å²) >= 11 is 9.09. The minimum absolute atomic E-state index is 0.0252. The van der Waals surface area contributed by atoms with Crippen LogP contribution in [0.15, 0.2) is 97.7 Å². The van der Waals surface area contributed by atoms with Gasteiger partial charge in [0.1, 0.15) is 6.61 Å². The minimum Gasteiger partial charge on any atom is -0.493 e. The van der Waals surface area contributed by atoms with E-state index in [-0.39, 0.29) is 23.4 Å². The minimum atomic E-state index is -4.56. The molecule has 4 aromatic carbocycles. The highest BCUT2D eigenvalue weighted by atomic mass is 127. The van der Waals surface area contributed by atoms with E-state index >= 15 is 0 Å². The summed E-state index contributed by atoms with van der Waals surface area (Å²) in [7, 11) is 1.51. The number of ether oxygens (including phenoxy) is 2. The second kappa shape index (κ2) is 12.6. The normalized spacial score (nSPS) is 11.8.